The predicted molar refractivity (Wildman–Crippen MR) is 71.6 cm³/mol. The van der Waals surface area contributed by atoms with Crippen LogP contribution in [0.1, 0.15) is 12.2 Å². The van der Waals surface area contributed by atoms with Gasteiger partial charge in [-0.05, 0) is 6.42 Å². The van der Waals surface area contributed by atoms with Crippen LogP contribution < -0.4 is 0 Å². The van der Waals surface area contributed by atoms with Crippen LogP contribution in [0.15, 0.2) is 24.3 Å². The Balaban J connectivity index is 1.93. The Kier molecular flexibility index (Phi) is 3.13. The summed E-state index contributed by atoms with van der Waals surface area (Å²) in [6.45, 7) is 0.494. The van der Waals surface area contributed by atoms with Gasteiger partial charge in [0.2, 0.25) is 0 Å². The molecule has 8 heteroatoms. The molecule has 1 aliphatic heterocycles. The van der Waals surface area contributed by atoms with E-state index < -0.39 is 16.8 Å². The molecule has 0 amide bonds. The van der Waals surface area contributed by atoms with Gasteiger partial charge in [-0.3, -0.25) is 14.9 Å². The zero-order valence-corrected chi connectivity index (χ0v) is 11.0. The lowest BCUT2D eigenvalue weighted by Crippen LogP contribution is -2.26. The van der Waals surface area contributed by atoms with E-state index in [4.69, 9.17) is 5.11 Å². The van der Waals surface area contributed by atoms with Crippen LogP contribution in [0.2, 0.25) is 0 Å². The van der Waals surface area contributed by atoms with Crippen molar-refractivity contribution < 1.29 is 14.8 Å². The molecule has 0 saturated heterocycles. The third-order valence-corrected chi connectivity index (χ3v) is 3.53. The van der Waals surface area contributed by atoms with Crippen LogP contribution in [-0.4, -0.2) is 30.8 Å². The Morgan fingerprint density at radius 2 is 2.29 bits per heavy atom. The van der Waals surface area contributed by atoms with Crippen molar-refractivity contribution >= 4 is 11.7 Å². The molecule has 0 spiro atoms. The van der Waals surface area contributed by atoms with E-state index in [0.717, 1.165) is 0 Å². The molecule has 1 unspecified atom stereocenters. The number of carbonyl (C=O) groups is 1. The molecule has 1 atom stereocenters. The number of nitrogens with zero attached hydrogens (tertiary/aromatic N) is 4. The second-order valence-electron chi connectivity index (χ2n) is 4.91. The first kappa shape index (κ1) is 13.2. The van der Waals surface area contributed by atoms with E-state index in [1.54, 1.807) is 16.8 Å². The molecule has 0 aliphatic carbocycles. The lowest BCUT2D eigenvalue weighted by atomic mass is 9.98. The highest BCUT2D eigenvalue weighted by Gasteiger charge is 2.27. The van der Waals surface area contributed by atoms with Crippen molar-refractivity contribution in [2.45, 2.75) is 19.4 Å². The molecule has 2 aromatic rings. The highest BCUT2D eigenvalue weighted by Crippen LogP contribution is 2.25. The quantitative estimate of drug-likeness (QED) is 0.676. The smallest absolute Gasteiger partial charge is 0.307 e. The molecule has 108 valence electrons. The van der Waals surface area contributed by atoms with Crippen LogP contribution in [0.25, 0.3) is 11.4 Å². The molecule has 8 nitrogen and oxygen atoms in total. The Morgan fingerprint density at radius 1 is 1.48 bits per heavy atom. The van der Waals surface area contributed by atoms with Crippen molar-refractivity contribution in [2.24, 2.45) is 5.92 Å². The van der Waals surface area contributed by atoms with Gasteiger partial charge in [-0.25, -0.2) is 9.67 Å². The van der Waals surface area contributed by atoms with Gasteiger partial charge in [0.1, 0.15) is 5.82 Å². The van der Waals surface area contributed by atoms with Gasteiger partial charge < -0.3 is 5.11 Å². The Hall–Kier alpha value is -2.77. The van der Waals surface area contributed by atoms with E-state index in [1.165, 1.54) is 12.1 Å². The van der Waals surface area contributed by atoms with Crippen LogP contribution in [0.3, 0.4) is 0 Å². The lowest BCUT2D eigenvalue weighted by molar-refractivity contribution is -0.384. The van der Waals surface area contributed by atoms with Gasteiger partial charge in [-0.15, -0.1) is 0 Å². The zero-order chi connectivity index (χ0) is 15.0. The molecular formula is C13H12N4O4. The molecule has 0 fully saturated rings. The van der Waals surface area contributed by atoms with E-state index in [2.05, 4.69) is 10.1 Å². The fourth-order valence-corrected chi connectivity index (χ4v) is 2.40. The highest BCUT2D eigenvalue weighted by molar-refractivity contribution is 5.70. The number of nitro groups is 1. The third kappa shape index (κ3) is 2.47. The number of aromatic nitrogens is 3. The van der Waals surface area contributed by atoms with Crippen molar-refractivity contribution in [1.82, 2.24) is 14.8 Å². The van der Waals surface area contributed by atoms with Crippen molar-refractivity contribution in [3.8, 4) is 11.4 Å². The van der Waals surface area contributed by atoms with Gasteiger partial charge in [0.05, 0.1) is 10.8 Å². The Morgan fingerprint density at radius 3 is 3.00 bits per heavy atom. The van der Waals surface area contributed by atoms with E-state index in [1.807, 2.05) is 0 Å². The van der Waals surface area contributed by atoms with Crippen molar-refractivity contribution in [3.05, 3.63) is 40.2 Å². The third-order valence-electron chi connectivity index (χ3n) is 3.53. The average molecular weight is 288 g/mol. The minimum absolute atomic E-state index is 0.0244. The van der Waals surface area contributed by atoms with Crippen molar-refractivity contribution in [3.63, 3.8) is 0 Å². The molecule has 1 aliphatic rings. The van der Waals surface area contributed by atoms with Crippen molar-refractivity contribution in [2.75, 3.05) is 0 Å². The predicted octanol–water partition coefficient (Wildman–Crippen LogP) is 1.50. The van der Waals surface area contributed by atoms with Crippen LogP contribution in [0.5, 0.6) is 0 Å². The summed E-state index contributed by atoms with van der Waals surface area (Å²) >= 11 is 0. The van der Waals surface area contributed by atoms with E-state index in [-0.39, 0.29) is 5.69 Å². The van der Waals surface area contributed by atoms with Crippen molar-refractivity contribution in [1.29, 1.82) is 0 Å². The molecule has 1 N–H and O–H groups in total. The number of hydrogen-bond donors (Lipinski definition) is 1. The number of fused-ring (bicyclic) bond motifs is 1. The Labute approximate surface area is 119 Å². The molecule has 2 heterocycles. The number of carboxylic acids is 1. The topological polar surface area (TPSA) is 111 Å². The molecule has 3 rings (SSSR count). The summed E-state index contributed by atoms with van der Waals surface area (Å²) in [5.41, 5.74) is 0.529. The van der Waals surface area contributed by atoms with Gasteiger partial charge in [-0.1, -0.05) is 12.1 Å². The normalized spacial score (nSPS) is 17.2. The summed E-state index contributed by atoms with van der Waals surface area (Å²) < 4.78 is 1.67. The number of carboxylic acid groups (broad SMARTS) is 1. The fraction of sp³-hybridized carbons (Fsp3) is 0.308. The summed E-state index contributed by atoms with van der Waals surface area (Å²) in [4.78, 5) is 25.7. The fourth-order valence-electron chi connectivity index (χ4n) is 2.40. The second kappa shape index (κ2) is 4.97. The largest absolute Gasteiger partial charge is 0.481 e. The summed E-state index contributed by atoms with van der Waals surface area (Å²) in [6.07, 6.45) is 0.845. The second-order valence-corrected chi connectivity index (χ2v) is 4.91. The van der Waals surface area contributed by atoms with Gasteiger partial charge >= 0.3 is 5.97 Å². The average Bonchev–Trinajstić information content (AvgIpc) is 2.90. The maximum Gasteiger partial charge on any atom is 0.307 e. The lowest BCUT2D eigenvalue weighted by Gasteiger charge is -2.17. The van der Waals surface area contributed by atoms with E-state index >= 15 is 0 Å². The minimum atomic E-state index is -0.832. The molecule has 1 aromatic heterocycles. The van der Waals surface area contributed by atoms with Crippen LogP contribution >= 0.6 is 0 Å². The number of aliphatic carboxylic acids is 1. The van der Waals surface area contributed by atoms with Gasteiger partial charge in [0, 0.05) is 30.7 Å². The van der Waals surface area contributed by atoms with E-state index in [9.17, 15) is 14.9 Å². The molecule has 21 heavy (non-hydrogen) atoms. The first-order valence-electron chi connectivity index (χ1n) is 6.46. The number of hydrogen-bond acceptors (Lipinski definition) is 5. The maximum atomic E-state index is 11.0. The summed E-state index contributed by atoms with van der Waals surface area (Å²) in [5, 5.41) is 24.1. The summed E-state index contributed by atoms with van der Waals surface area (Å²) in [5.74, 6) is -0.282. The molecule has 0 saturated carbocycles. The molecular weight excluding hydrogens is 276 g/mol. The number of rotatable bonds is 3. The number of aryl methyl sites for hydroxylation is 1. The first-order valence-corrected chi connectivity index (χ1v) is 6.46. The monoisotopic (exact) mass is 288 g/mol. The number of non-ortho nitro benzene ring substituents is 1. The highest BCUT2D eigenvalue weighted by atomic mass is 16.6. The minimum Gasteiger partial charge on any atom is -0.481 e. The van der Waals surface area contributed by atoms with Gasteiger partial charge in [0.25, 0.3) is 5.69 Å². The summed E-state index contributed by atoms with van der Waals surface area (Å²) in [6, 6.07) is 6.09. The van der Waals surface area contributed by atoms with Crippen LogP contribution in [-0.2, 0) is 17.8 Å². The molecule has 0 bridgehead atoms. The molecule has 0 radical (unpaired) electrons. The number of nitro benzene ring substituents is 1. The van der Waals surface area contributed by atoms with Gasteiger partial charge in [0.15, 0.2) is 5.82 Å². The first-order chi connectivity index (χ1) is 10.0. The maximum absolute atomic E-state index is 11.0. The molecule has 1 aromatic carbocycles. The summed E-state index contributed by atoms with van der Waals surface area (Å²) in [7, 11) is 0. The number of benzene rings is 1. The van der Waals surface area contributed by atoms with Crippen LogP contribution in [0.4, 0.5) is 5.69 Å². The SMILES string of the molecule is O=C(O)C1CCn2nc(-c3cccc([N+](=O)[O-])c3)nc2C1. The van der Waals surface area contributed by atoms with Gasteiger partial charge in [-0.2, -0.15) is 5.10 Å². The zero-order valence-electron chi connectivity index (χ0n) is 11.0. The standard InChI is InChI=1S/C13H12N4O4/c18-13(19)9-4-5-16-11(7-9)14-12(15-16)8-2-1-3-10(6-8)17(20)21/h1-3,6,9H,4-5,7H2,(H,18,19). The van der Waals surface area contributed by atoms with E-state index in [0.29, 0.717) is 36.6 Å². The Bertz CT molecular complexity index is 725. The van der Waals surface area contributed by atoms with Crippen LogP contribution in [0, 0.1) is 16.0 Å².